The molecule has 1 amide bonds. The van der Waals surface area contributed by atoms with E-state index in [1.165, 1.54) is 0 Å². The molecule has 4 aromatic heterocycles. The van der Waals surface area contributed by atoms with Crippen molar-refractivity contribution in [1.82, 2.24) is 29.5 Å². The second kappa shape index (κ2) is 7.56. The summed E-state index contributed by atoms with van der Waals surface area (Å²) in [5, 5.41) is 13.5. The van der Waals surface area contributed by atoms with Crippen molar-refractivity contribution in [3.05, 3.63) is 66.1 Å². The third-order valence-electron chi connectivity index (χ3n) is 5.49. The van der Waals surface area contributed by atoms with E-state index in [0.717, 1.165) is 28.0 Å². The number of benzene rings is 1. The maximum Gasteiger partial charge on any atom is 0.256 e. The molecule has 0 aliphatic rings. The number of pyridine rings is 2. The lowest BCUT2D eigenvalue weighted by Gasteiger charge is -2.11. The van der Waals surface area contributed by atoms with Gasteiger partial charge in [-0.1, -0.05) is 30.3 Å². The SMILES string of the molecule is Cc1nn(C)c2ncc(NC(=O)c3cc(-c4ccccc4)nc4c3cnn4C(C)C)cc12. The van der Waals surface area contributed by atoms with Crippen LogP contribution in [-0.2, 0) is 7.05 Å². The summed E-state index contributed by atoms with van der Waals surface area (Å²) >= 11 is 0. The minimum atomic E-state index is -0.236. The van der Waals surface area contributed by atoms with Crippen LogP contribution < -0.4 is 5.32 Å². The molecule has 0 atom stereocenters. The normalized spacial score (nSPS) is 11.5. The van der Waals surface area contributed by atoms with Crippen molar-refractivity contribution in [2.45, 2.75) is 26.8 Å². The van der Waals surface area contributed by atoms with Crippen LogP contribution in [0.2, 0.25) is 0 Å². The zero-order chi connectivity index (χ0) is 22.4. The van der Waals surface area contributed by atoms with Crippen LogP contribution in [0.15, 0.2) is 54.9 Å². The Labute approximate surface area is 184 Å². The number of amides is 1. The third kappa shape index (κ3) is 3.30. The highest BCUT2D eigenvalue weighted by atomic mass is 16.1. The van der Waals surface area contributed by atoms with Gasteiger partial charge in [-0.25, -0.2) is 14.6 Å². The Morgan fingerprint density at radius 3 is 2.56 bits per heavy atom. The summed E-state index contributed by atoms with van der Waals surface area (Å²) in [5.41, 5.74) is 5.11. The molecule has 0 radical (unpaired) electrons. The number of carbonyl (C=O) groups excluding carboxylic acids is 1. The summed E-state index contributed by atoms with van der Waals surface area (Å²) in [6.07, 6.45) is 3.36. The number of nitrogens with zero attached hydrogens (tertiary/aromatic N) is 6. The first-order valence-corrected chi connectivity index (χ1v) is 10.5. The average molecular weight is 425 g/mol. The van der Waals surface area contributed by atoms with E-state index in [9.17, 15) is 4.79 Å². The van der Waals surface area contributed by atoms with Gasteiger partial charge in [-0.3, -0.25) is 9.48 Å². The molecule has 0 fully saturated rings. The van der Waals surface area contributed by atoms with E-state index >= 15 is 0 Å². The molecule has 0 saturated heterocycles. The minimum absolute atomic E-state index is 0.113. The molecule has 1 aromatic carbocycles. The fraction of sp³-hybridized carbons (Fsp3) is 0.208. The van der Waals surface area contributed by atoms with Crippen LogP contribution in [0.3, 0.4) is 0 Å². The number of nitrogens with one attached hydrogen (secondary N) is 1. The van der Waals surface area contributed by atoms with Gasteiger partial charge in [0.05, 0.1) is 40.4 Å². The summed E-state index contributed by atoms with van der Waals surface area (Å²) in [6, 6.07) is 13.7. The predicted molar refractivity (Wildman–Crippen MR) is 125 cm³/mol. The lowest BCUT2D eigenvalue weighted by molar-refractivity contribution is 0.102. The summed E-state index contributed by atoms with van der Waals surface area (Å²) in [7, 11) is 1.85. The summed E-state index contributed by atoms with van der Waals surface area (Å²) in [5.74, 6) is -0.236. The topological polar surface area (TPSA) is 90.5 Å². The molecule has 0 unspecified atom stereocenters. The zero-order valence-corrected chi connectivity index (χ0v) is 18.4. The van der Waals surface area contributed by atoms with Gasteiger partial charge in [0.1, 0.15) is 0 Å². The van der Waals surface area contributed by atoms with Crippen molar-refractivity contribution in [2.24, 2.45) is 7.05 Å². The number of anilines is 1. The Hall–Kier alpha value is -4.07. The Morgan fingerprint density at radius 1 is 1.03 bits per heavy atom. The Balaban J connectivity index is 1.61. The summed E-state index contributed by atoms with van der Waals surface area (Å²) in [6.45, 7) is 6.01. The molecule has 5 rings (SSSR count). The third-order valence-corrected chi connectivity index (χ3v) is 5.49. The molecular weight excluding hydrogens is 402 g/mol. The van der Waals surface area contributed by atoms with Crippen molar-refractivity contribution < 1.29 is 4.79 Å². The first-order valence-electron chi connectivity index (χ1n) is 10.5. The Bertz CT molecular complexity index is 1460. The van der Waals surface area contributed by atoms with Crippen molar-refractivity contribution in [3.8, 4) is 11.3 Å². The van der Waals surface area contributed by atoms with E-state index in [0.29, 0.717) is 22.3 Å². The van der Waals surface area contributed by atoms with Gasteiger partial charge in [0, 0.05) is 24.0 Å². The highest BCUT2D eigenvalue weighted by molar-refractivity contribution is 6.13. The van der Waals surface area contributed by atoms with Gasteiger partial charge in [0.15, 0.2) is 11.3 Å². The number of aromatic nitrogens is 6. The van der Waals surface area contributed by atoms with Gasteiger partial charge < -0.3 is 5.32 Å². The second-order valence-electron chi connectivity index (χ2n) is 8.10. The van der Waals surface area contributed by atoms with Crippen LogP contribution in [0.25, 0.3) is 33.3 Å². The molecular formula is C24H23N7O. The minimum Gasteiger partial charge on any atom is -0.321 e. The number of hydrogen-bond donors (Lipinski definition) is 1. The Morgan fingerprint density at radius 2 is 1.81 bits per heavy atom. The lowest BCUT2D eigenvalue weighted by atomic mass is 10.1. The second-order valence-corrected chi connectivity index (χ2v) is 8.10. The van der Waals surface area contributed by atoms with Crippen LogP contribution >= 0.6 is 0 Å². The standard InChI is InChI=1S/C24H23N7O/c1-14(2)31-23-20(13-26-31)19(11-21(28-23)16-8-6-5-7-9-16)24(32)27-17-10-18-15(3)29-30(4)22(18)25-12-17/h5-14H,1-4H3,(H,27,32). The van der Waals surface area contributed by atoms with E-state index in [4.69, 9.17) is 4.98 Å². The zero-order valence-electron chi connectivity index (χ0n) is 18.4. The molecule has 5 aromatic rings. The van der Waals surface area contributed by atoms with Crippen LogP contribution in [0, 0.1) is 6.92 Å². The molecule has 0 aliphatic heterocycles. The molecule has 8 heteroatoms. The lowest BCUT2D eigenvalue weighted by Crippen LogP contribution is -2.13. The summed E-state index contributed by atoms with van der Waals surface area (Å²) in [4.78, 5) is 22.7. The number of carbonyl (C=O) groups is 1. The molecule has 0 spiro atoms. The van der Waals surface area contributed by atoms with Crippen molar-refractivity contribution in [2.75, 3.05) is 5.32 Å². The number of aryl methyl sites for hydroxylation is 2. The molecule has 0 aliphatic carbocycles. The van der Waals surface area contributed by atoms with Gasteiger partial charge >= 0.3 is 0 Å². The van der Waals surface area contributed by atoms with Crippen molar-refractivity contribution >= 4 is 33.7 Å². The van der Waals surface area contributed by atoms with Crippen LogP contribution in [0.5, 0.6) is 0 Å². The largest absolute Gasteiger partial charge is 0.321 e. The molecule has 0 bridgehead atoms. The number of rotatable bonds is 4. The van der Waals surface area contributed by atoms with E-state index in [1.807, 2.05) is 75.0 Å². The van der Waals surface area contributed by atoms with Crippen molar-refractivity contribution in [1.29, 1.82) is 0 Å². The number of hydrogen-bond acceptors (Lipinski definition) is 5. The van der Waals surface area contributed by atoms with Crippen LogP contribution in [0.4, 0.5) is 5.69 Å². The first-order chi connectivity index (χ1) is 15.4. The van der Waals surface area contributed by atoms with E-state index < -0.39 is 0 Å². The fourth-order valence-electron chi connectivity index (χ4n) is 3.92. The van der Waals surface area contributed by atoms with Gasteiger partial charge in [-0.15, -0.1) is 0 Å². The molecule has 4 heterocycles. The van der Waals surface area contributed by atoms with Gasteiger partial charge in [0.2, 0.25) is 0 Å². The number of fused-ring (bicyclic) bond motifs is 2. The first kappa shape index (κ1) is 19.9. The molecule has 32 heavy (non-hydrogen) atoms. The average Bonchev–Trinajstić information content (AvgIpc) is 3.34. The van der Waals surface area contributed by atoms with Crippen LogP contribution in [0.1, 0.15) is 35.9 Å². The molecule has 0 saturated carbocycles. The smallest absolute Gasteiger partial charge is 0.256 e. The molecule has 1 N–H and O–H groups in total. The fourth-order valence-corrected chi connectivity index (χ4v) is 3.92. The maximum atomic E-state index is 13.4. The summed E-state index contributed by atoms with van der Waals surface area (Å²) < 4.78 is 3.57. The van der Waals surface area contributed by atoms with Crippen molar-refractivity contribution in [3.63, 3.8) is 0 Å². The monoisotopic (exact) mass is 425 g/mol. The van der Waals surface area contributed by atoms with Crippen LogP contribution in [-0.4, -0.2) is 35.4 Å². The predicted octanol–water partition coefficient (Wildman–Crippen LogP) is 4.52. The van der Waals surface area contributed by atoms with E-state index in [-0.39, 0.29) is 11.9 Å². The quantitative estimate of drug-likeness (QED) is 0.457. The molecule has 8 nitrogen and oxygen atoms in total. The van der Waals surface area contributed by atoms with E-state index in [1.54, 1.807) is 17.1 Å². The highest BCUT2D eigenvalue weighted by Crippen LogP contribution is 2.27. The van der Waals surface area contributed by atoms with E-state index in [2.05, 4.69) is 20.5 Å². The maximum absolute atomic E-state index is 13.4. The highest BCUT2D eigenvalue weighted by Gasteiger charge is 2.19. The van der Waals surface area contributed by atoms with Gasteiger partial charge in [-0.2, -0.15) is 10.2 Å². The Kier molecular flexibility index (Phi) is 4.70. The molecule has 160 valence electrons. The van der Waals surface area contributed by atoms with Gasteiger partial charge in [0.25, 0.3) is 5.91 Å². The van der Waals surface area contributed by atoms with Gasteiger partial charge in [-0.05, 0) is 32.9 Å².